The standard InChI is InChI=1S/C52H37N3O13/c1-25-4-10-33-42(18-25)67-43-21-28(55(2)3)7-13-34(43)45(33)31-11-5-26(19-37(31)51(62)63)48(58)53-23-30-9-17-41(66-30)49(59)54-24-39-40(57)16-15-36-46(35-14-8-29(56)22-44(35)68-47(36)39)32-12-6-27(50(60)61)20-38(32)52(64)65/h4-22,56H,1,23-24H2,2-3H3,(H,53,58)(H,54,59)(H,60,61)(H,62,63)(H,64,65). The SMILES string of the molecule is C=c1ccc2c(c1)Oc1cc(N(C)C)ccc1C=2c1ccc(C(=O)NCc2ccc(C(=O)NCc3c4oc5cc(O)ccc5c(-c5ccc(C(=O)O)cc5C(=O)O)c-4ccc3=O)o2)cc1C(=O)O. The Labute approximate surface area is 384 Å². The zero-order valence-electron chi connectivity index (χ0n) is 36.0. The number of phenols is 1. The topological polar surface area (TPSA) is 246 Å². The largest absolute Gasteiger partial charge is 0.508 e. The molecule has 0 saturated heterocycles. The van der Waals surface area contributed by atoms with Crippen molar-refractivity contribution in [3.05, 3.63) is 186 Å². The van der Waals surface area contributed by atoms with Crippen LogP contribution >= 0.6 is 0 Å². The van der Waals surface area contributed by atoms with Gasteiger partial charge >= 0.3 is 17.9 Å². The highest BCUT2D eigenvalue weighted by Gasteiger charge is 2.28. The van der Waals surface area contributed by atoms with Gasteiger partial charge in [-0.2, -0.15) is 0 Å². The molecule has 1 aromatic heterocycles. The summed E-state index contributed by atoms with van der Waals surface area (Å²) in [6.07, 6.45) is 0. The molecule has 3 heterocycles. The van der Waals surface area contributed by atoms with Gasteiger partial charge in [0.1, 0.15) is 34.4 Å². The van der Waals surface area contributed by atoms with Crippen molar-refractivity contribution in [1.29, 1.82) is 0 Å². The molecule has 0 fully saturated rings. The Morgan fingerprint density at radius 3 is 2.07 bits per heavy atom. The number of phenolic OH excluding ortho intramolecular Hbond substituents is 1. The Kier molecular flexibility index (Phi) is 11.1. The molecule has 338 valence electrons. The summed E-state index contributed by atoms with van der Waals surface area (Å²) in [6, 6.07) is 28.6. The number of nitrogens with zero attached hydrogens (tertiary/aromatic N) is 1. The van der Waals surface area contributed by atoms with Crippen molar-refractivity contribution in [2.75, 3.05) is 19.0 Å². The van der Waals surface area contributed by atoms with Crippen molar-refractivity contribution >= 4 is 58.5 Å². The van der Waals surface area contributed by atoms with E-state index in [1.165, 1.54) is 66.7 Å². The fourth-order valence-electron chi connectivity index (χ4n) is 8.20. The number of amides is 2. The van der Waals surface area contributed by atoms with Crippen LogP contribution in [0.15, 0.2) is 129 Å². The number of carboxylic acids is 3. The predicted molar refractivity (Wildman–Crippen MR) is 248 cm³/mol. The molecule has 0 bridgehead atoms. The van der Waals surface area contributed by atoms with E-state index in [0.29, 0.717) is 44.0 Å². The van der Waals surface area contributed by atoms with Crippen LogP contribution < -0.4 is 36.1 Å². The molecule has 2 amide bonds. The molecule has 5 aromatic carbocycles. The quantitative estimate of drug-likeness (QED) is 0.0704. The molecule has 9 rings (SSSR count). The van der Waals surface area contributed by atoms with E-state index in [-0.39, 0.29) is 79.7 Å². The number of furan rings is 1. The summed E-state index contributed by atoms with van der Waals surface area (Å²) >= 11 is 0. The van der Waals surface area contributed by atoms with E-state index in [0.717, 1.165) is 11.8 Å². The average molecular weight is 912 g/mol. The molecular formula is C52H37N3O13. The predicted octanol–water partition coefficient (Wildman–Crippen LogP) is 6.65. The van der Waals surface area contributed by atoms with Crippen LogP contribution in [-0.2, 0) is 13.1 Å². The summed E-state index contributed by atoms with van der Waals surface area (Å²) in [5, 5.41) is 47.5. The normalized spacial score (nSPS) is 11.6. The van der Waals surface area contributed by atoms with Crippen LogP contribution in [0.5, 0.6) is 17.2 Å². The lowest BCUT2D eigenvalue weighted by atomic mass is 9.88. The molecule has 2 aliphatic heterocycles. The van der Waals surface area contributed by atoms with Crippen molar-refractivity contribution < 1.29 is 58.0 Å². The maximum atomic E-state index is 13.5. The van der Waals surface area contributed by atoms with E-state index in [4.69, 9.17) is 13.6 Å². The molecule has 0 unspecified atom stereocenters. The molecule has 16 nitrogen and oxygen atoms in total. The van der Waals surface area contributed by atoms with Gasteiger partial charge in [-0.15, -0.1) is 0 Å². The number of benzene rings is 6. The van der Waals surface area contributed by atoms with Gasteiger partial charge in [-0.1, -0.05) is 30.8 Å². The summed E-state index contributed by atoms with van der Waals surface area (Å²) < 4.78 is 18.1. The number of carbonyl (C=O) groups excluding carboxylic acids is 2. The first-order valence-corrected chi connectivity index (χ1v) is 20.7. The molecule has 6 aromatic rings. The fraction of sp³-hybridized carbons (Fsp3) is 0.0769. The molecule has 3 aliphatic rings. The molecule has 68 heavy (non-hydrogen) atoms. The Hall–Kier alpha value is -9.44. The fourth-order valence-corrected chi connectivity index (χ4v) is 8.20. The Bertz CT molecular complexity index is 3620. The van der Waals surface area contributed by atoms with Gasteiger partial charge < -0.3 is 49.5 Å². The smallest absolute Gasteiger partial charge is 0.336 e. The van der Waals surface area contributed by atoms with E-state index < -0.39 is 41.7 Å². The second-order valence-corrected chi connectivity index (χ2v) is 16.0. The minimum absolute atomic E-state index is 0.0262. The Balaban J connectivity index is 0.946. The number of anilines is 1. The van der Waals surface area contributed by atoms with Gasteiger partial charge in [0.25, 0.3) is 11.8 Å². The minimum Gasteiger partial charge on any atom is -0.508 e. The van der Waals surface area contributed by atoms with Gasteiger partial charge in [0.05, 0.1) is 35.3 Å². The van der Waals surface area contributed by atoms with Crippen LogP contribution in [0, 0.1) is 0 Å². The summed E-state index contributed by atoms with van der Waals surface area (Å²) in [7, 11) is 3.79. The lowest BCUT2D eigenvalue weighted by Gasteiger charge is -2.24. The van der Waals surface area contributed by atoms with E-state index in [9.17, 15) is 49.2 Å². The second kappa shape index (κ2) is 17.2. The maximum Gasteiger partial charge on any atom is 0.336 e. The number of aromatic carboxylic acids is 3. The summed E-state index contributed by atoms with van der Waals surface area (Å²) in [6.45, 7) is 3.43. The number of rotatable bonds is 12. The van der Waals surface area contributed by atoms with Crippen LogP contribution in [0.4, 0.5) is 5.69 Å². The van der Waals surface area contributed by atoms with Crippen molar-refractivity contribution in [3.63, 3.8) is 0 Å². The second-order valence-electron chi connectivity index (χ2n) is 16.0. The number of hydrogen-bond acceptors (Lipinski definition) is 11. The van der Waals surface area contributed by atoms with Gasteiger partial charge in [0.15, 0.2) is 11.2 Å². The summed E-state index contributed by atoms with van der Waals surface area (Å²) in [5.41, 5.74) is 2.00. The lowest BCUT2D eigenvalue weighted by Crippen LogP contribution is -2.26. The first-order valence-electron chi connectivity index (χ1n) is 20.7. The average Bonchev–Trinajstić information content (AvgIpc) is 3.80. The first-order chi connectivity index (χ1) is 32.6. The van der Waals surface area contributed by atoms with Gasteiger partial charge in [0, 0.05) is 70.3 Å². The molecule has 6 N–H and O–H groups in total. The molecular weight excluding hydrogens is 875 g/mol. The zero-order valence-corrected chi connectivity index (χ0v) is 36.0. The number of ether oxygens (including phenoxy) is 1. The number of carboxylic acid groups (broad SMARTS) is 3. The summed E-state index contributed by atoms with van der Waals surface area (Å²) in [4.78, 5) is 79.2. The van der Waals surface area contributed by atoms with E-state index in [1.807, 2.05) is 43.3 Å². The van der Waals surface area contributed by atoms with E-state index in [1.54, 1.807) is 18.2 Å². The number of carbonyl (C=O) groups is 5. The number of aromatic hydroxyl groups is 1. The summed E-state index contributed by atoms with van der Waals surface area (Å²) in [5.74, 6) is -4.55. The monoisotopic (exact) mass is 911 g/mol. The minimum atomic E-state index is -1.41. The Morgan fingerprint density at radius 1 is 0.632 bits per heavy atom. The number of hydrogen-bond donors (Lipinski definition) is 6. The van der Waals surface area contributed by atoms with Gasteiger partial charge in [-0.05, 0) is 95.2 Å². The molecule has 1 aliphatic carbocycles. The molecule has 0 saturated carbocycles. The number of fused-ring (bicyclic) bond motifs is 4. The van der Waals surface area contributed by atoms with Crippen molar-refractivity contribution in [3.8, 4) is 39.7 Å². The molecule has 0 spiro atoms. The highest BCUT2D eigenvalue weighted by atomic mass is 16.5. The van der Waals surface area contributed by atoms with E-state index in [2.05, 4.69) is 17.2 Å². The van der Waals surface area contributed by atoms with Gasteiger partial charge in [0.2, 0.25) is 0 Å². The van der Waals surface area contributed by atoms with Crippen LogP contribution in [-0.4, -0.2) is 64.2 Å². The lowest BCUT2D eigenvalue weighted by molar-refractivity contribution is 0.0682. The number of nitrogens with one attached hydrogen (secondary N) is 2. The zero-order chi connectivity index (χ0) is 48.1. The third-order valence-electron chi connectivity index (χ3n) is 11.5. The Morgan fingerprint density at radius 2 is 1.32 bits per heavy atom. The third-order valence-corrected chi connectivity index (χ3v) is 11.5. The molecule has 0 radical (unpaired) electrons. The van der Waals surface area contributed by atoms with Crippen LogP contribution in [0.2, 0.25) is 0 Å². The maximum absolute atomic E-state index is 13.5. The van der Waals surface area contributed by atoms with Crippen molar-refractivity contribution in [1.82, 2.24) is 10.6 Å². The third kappa shape index (κ3) is 8.02. The molecule has 16 heteroatoms. The van der Waals surface area contributed by atoms with Gasteiger partial charge in [-0.25, -0.2) is 14.4 Å². The van der Waals surface area contributed by atoms with Crippen molar-refractivity contribution in [2.24, 2.45) is 0 Å². The van der Waals surface area contributed by atoms with Crippen LogP contribution in [0.1, 0.15) is 74.4 Å². The highest BCUT2D eigenvalue weighted by molar-refractivity contribution is 6.09. The molecule has 0 atom stereocenters. The van der Waals surface area contributed by atoms with E-state index >= 15 is 0 Å². The van der Waals surface area contributed by atoms with Crippen LogP contribution in [0.3, 0.4) is 0 Å². The first kappa shape index (κ1) is 43.8. The van der Waals surface area contributed by atoms with Crippen molar-refractivity contribution in [2.45, 2.75) is 13.1 Å². The highest BCUT2D eigenvalue weighted by Crippen LogP contribution is 2.44. The van der Waals surface area contributed by atoms with Crippen LogP contribution in [0.25, 0.3) is 45.6 Å². The van der Waals surface area contributed by atoms with Gasteiger partial charge in [-0.3, -0.25) is 14.4 Å².